The van der Waals surface area contributed by atoms with Crippen LogP contribution in [0.5, 0.6) is 0 Å². The Balaban J connectivity index is 2.05. The fourth-order valence-electron chi connectivity index (χ4n) is 3.13. The Hall–Kier alpha value is -1.33. The van der Waals surface area contributed by atoms with Crippen LogP contribution in [0, 0.1) is 5.82 Å². The van der Waals surface area contributed by atoms with Gasteiger partial charge in [0.15, 0.2) is 5.96 Å². The maximum atomic E-state index is 13.3. The first kappa shape index (κ1) is 20.0. The molecular formula is C19H29ClFN3O. The summed E-state index contributed by atoms with van der Waals surface area (Å²) >= 11 is 6.22. The van der Waals surface area contributed by atoms with Crippen molar-refractivity contribution in [3.8, 4) is 0 Å². The van der Waals surface area contributed by atoms with Crippen LogP contribution in [-0.2, 0) is 5.41 Å². The molecule has 2 rings (SSSR count). The monoisotopic (exact) mass is 369 g/mol. The lowest BCUT2D eigenvalue weighted by Crippen LogP contribution is -2.45. The molecule has 4 nitrogen and oxygen atoms in total. The van der Waals surface area contributed by atoms with Crippen LogP contribution in [0.1, 0.15) is 52.0 Å². The fourth-order valence-corrected chi connectivity index (χ4v) is 3.56. The molecule has 0 aliphatic heterocycles. The van der Waals surface area contributed by atoms with Gasteiger partial charge in [-0.1, -0.05) is 31.5 Å². The highest BCUT2D eigenvalue weighted by molar-refractivity contribution is 6.31. The molecule has 0 spiro atoms. The largest absolute Gasteiger partial charge is 0.393 e. The van der Waals surface area contributed by atoms with Gasteiger partial charge >= 0.3 is 0 Å². The molecule has 140 valence electrons. The van der Waals surface area contributed by atoms with Gasteiger partial charge in [0.25, 0.3) is 0 Å². The fraction of sp³-hybridized carbons (Fsp3) is 0.632. The molecule has 0 unspecified atom stereocenters. The number of guanidine groups is 1. The summed E-state index contributed by atoms with van der Waals surface area (Å²) in [4.78, 5) is 4.72. The average molecular weight is 370 g/mol. The molecule has 1 aliphatic rings. The van der Waals surface area contributed by atoms with Gasteiger partial charge in [-0.3, -0.25) is 4.99 Å². The third kappa shape index (κ3) is 5.86. The van der Waals surface area contributed by atoms with Crippen molar-refractivity contribution in [3.63, 3.8) is 0 Å². The van der Waals surface area contributed by atoms with Crippen LogP contribution in [0.3, 0.4) is 0 Å². The molecule has 0 bridgehead atoms. The lowest BCUT2D eigenvalue weighted by atomic mass is 9.84. The van der Waals surface area contributed by atoms with Crippen molar-refractivity contribution in [2.45, 2.75) is 64.0 Å². The lowest BCUT2D eigenvalue weighted by molar-refractivity contribution is 0.120. The zero-order valence-electron chi connectivity index (χ0n) is 15.3. The standard InChI is InChI=1S/C19H29ClFN3O/c1-4-22-18(24-14-6-8-15(25)9-7-14)23-12-19(2,3)16-10-5-13(21)11-17(16)20/h5,10-11,14-15,25H,4,6-9,12H2,1-3H3,(H2,22,23,24). The van der Waals surface area contributed by atoms with Crippen molar-refractivity contribution >= 4 is 17.6 Å². The van der Waals surface area contributed by atoms with Gasteiger partial charge in [0, 0.05) is 23.0 Å². The molecule has 1 aromatic carbocycles. The minimum Gasteiger partial charge on any atom is -0.393 e. The third-order valence-corrected chi connectivity index (χ3v) is 4.99. The van der Waals surface area contributed by atoms with Crippen molar-refractivity contribution in [2.75, 3.05) is 13.1 Å². The molecule has 0 radical (unpaired) electrons. The first-order valence-corrected chi connectivity index (χ1v) is 9.38. The van der Waals surface area contributed by atoms with E-state index in [2.05, 4.69) is 24.5 Å². The van der Waals surface area contributed by atoms with E-state index in [1.165, 1.54) is 12.1 Å². The molecule has 1 saturated carbocycles. The summed E-state index contributed by atoms with van der Waals surface area (Å²) in [6, 6.07) is 4.84. The van der Waals surface area contributed by atoms with Crippen molar-refractivity contribution in [3.05, 3.63) is 34.6 Å². The van der Waals surface area contributed by atoms with Crippen LogP contribution in [0.2, 0.25) is 5.02 Å². The SMILES string of the molecule is CCNC(=NCC(C)(C)c1ccc(F)cc1Cl)NC1CCC(O)CC1. The van der Waals surface area contributed by atoms with E-state index >= 15 is 0 Å². The Bertz CT molecular complexity index is 598. The van der Waals surface area contributed by atoms with Gasteiger partial charge in [-0.25, -0.2) is 4.39 Å². The number of nitrogens with zero attached hydrogens (tertiary/aromatic N) is 1. The van der Waals surface area contributed by atoms with Crippen molar-refractivity contribution in [1.82, 2.24) is 10.6 Å². The lowest BCUT2D eigenvalue weighted by Gasteiger charge is -2.29. The second-order valence-electron chi connectivity index (χ2n) is 7.35. The number of hydrogen-bond donors (Lipinski definition) is 3. The van der Waals surface area contributed by atoms with E-state index in [0.717, 1.165) is 43.8 Å². The highest BCUT2D eigenvalue weighted by Crippen LogP contribution is 2.30. The summed E-state index contributed by atoms with van der Waals surface area (Å²) in [7, 11) is 0. The first-order chi connectivity index (χ1) is 11.8. The summed E-state index contributed by atoms with van der Waals surface area (Å²) in [5.41, 5.74) is 0.576. The van der Waals surface area contributed by atoms with E-state index in [1.807, 2.05) is 6.92 Å². The van der Waals surface area contributed by atoms with Gasteiger partial charge in [0.1, 0.15) is 5.82 Å². The van der Waals surface area contributed by atoms with E-state index in [4.69, 9.17) is 16.6 Å². The summed E-state index contributed by atoms with van der Waals surface area (Å²) in [5.74, 6) is 0.442. The first-order valence-electron chi connectivity index (χ1n) is 9.00. The van der Waals surface area contributed by atoms with Gasteiger partial charge in [-0.2, -0.15) is 0 Å². The molecule has 1 aliphatic carbocycles. The van der Waals surface area contributed by atoms with Gasteiger partial charge in [0.05, 0.1) is 12.6 Å². The highest BCUT2D eigenvalue weighted by Gasteiger charge is 2.24. The minimum atomic E-state index is -0.331. The molecule has 6 heteroatoms. The topological polar surface area (TPSA) is 56.7 Å². The molecule has 0 heterocycles. The van der Waals surface area contributed by atoms with Crippen LogP contribution in [0.25, 0.3) is 0 Å². The molecular weight excluding hydrogens is 341 g/mol. The maximum Gasteiger partial charge on any atom is 0.191 e. The average Bonchev–Trinajstić information content (AvgIpc) is 2.54. The Morgan fingerprint density at radius 3 is 2.60 bits per heavy atom. The van der Waals surface area contributed by atoms with E-state index in [9.17, 15) is 9.50 Å². The Morgan fingerprint density at radius 2 is 2.00 bits per heavy atom. The van der Waals surface area contributed by atoms with Crippen molar-refractivity contribution in [1.29, 1.82) is 0 Å². The second kappa shape index (κ2) is 8.86. The molecule has 1 aromatic rings. The zero-order chi connectivity index (χ0) is 18.4. The summed E-state index contributed by atoms with van der Waals surface area (Å²) in [5, 5.41) is 16.8. The summed E-state index contributed by atoms with van der Waals surface area (Å²) < 4.78 is 13.3. The molecule has 0 atom stereocenters. The van der Waals surface area contributed by atoms with Gasteiger partial charge in [-0.05, 0) is 50.3 Å². The number of aliphatic hydroxyl groups excluding tert-OH is 1. The molecule has 0 saturated heterocycles. The highest BCUT2D eigenvalue weighted by atomic mass is 35.5. The number of halogens is 2. The molecule has 25 heavy (non-hydrogen) atoms. The van der Waals surface area contributed by atoms with Crippen LogP contribution in [-0.4, -0.2) is 36.3 Å². The molecule has 0 aromatic heterocycles. The number of aliphatic imine (C=N–C) groups is 1. The molecule has 3 N–H and O–H groups in total. The number of rotatable bonds is 5. The predicted octanol–water partition coefficient (Wildman–Crippen LogP) is 3.62. The van der Waals surface area contributed by atoms with Crippen LogP contribution >= 0.6 is 11.6 Å². The van der Waals surface area contributed by atoms with Gasteiger partial charge in [-0.15, -0.1) is 0 Å². The van der Waals surface area contributed by atoms with E-state index in [1.54, 1.807) is 6.07 Å². The van der Waals surface area contributed by atoms with E-state index in [0.29, 0.717) is 17.6 Å². The van der Waals surface area contributed by atoms with Crippen LogP contribution in [0.4, 0.5) is 4.39 Å². The third-order valence-electron chi connectivity index (χ3n) is 4.67. The maximum absolute atomic E-state index is 13.3. The number of benzene rings is 1. The molecule has 1 fully saturated rings. The zero-order valence-corrected chi connectivity index (χ0v) is 16.0. The van der Waals surface area contributed by atoms with Crippen molar-refractivity contribution < 1.29 is 9.50 Å². The van der Waals surface area contributed by atoms with Crippen LogP contribution in [0.15, 0.2) is 23.2 Å². The van der Waals surface area contributed by atoms with Gasteiger partial charge < -0.3 is 15.7 Å². The smallest absolute Gasteiger partial charge is 0.191 e. The summed E-state index contributed by atoms with van der Waals surface area (Å²) in [6.07, 6.45) is 3.37. The Morgan fingerprint density at radius 1 is 1.32 bits per heavy atom. The number of hydrogen-bond acceptors (Lipinski definition) is 2. The number of nitrogens with one attached hydrogen (secondary N) is 2. The Kier molecular flexibility index (Phi) is 7.08. The van der Waals surface area contributed by atoms with Crippen molar-refractivity contribution in [2.24, 2.45) is 4.99 Å². The van der Waals surface area contributed by atoms with E-state index in [-0.39, 0.29) is 17.3 Å². The van der Waals surface area contributed by atoms with Gasteiger partial charge in [0.2, 0.25) is 0 Å². The van der Waals surface area contributed by atoms with E-state index < -0.39 is 0 Å². The summed E-state index contributed by atoms with van der Waals surface area (Å²) in [6.45, 7) is 7.44. The number of aliphatic hydroxyl groups is 1. The predicted molar refractivity (Wildman–Crippen MR) is 102 cm³/mol. The molecule has 0 amide bonds. The minimum absolute atomic E-state index is 0.169. The normalized spacial score (nSPS) is 21.9. The quantitative estimate of drug-likeness (QED) is 0.549. The second-order valence-corrected chi connectivity index (χ2v) is 7.76. The van der Waals surface area contributed by atoms with Crippen LogP contribution < -0.4 is 10.6 Å². The Labute approximate surface area is 154 Å².